The summed E-state index contributed by atoms with van der Waals surface area (Å²) in [6.07, 6.45) is 5.37. The van der Waals surface area contributed by atoms with E-state index in [1.807, 2.05) is 0 Å². The minimum absolute atomic E-state index is 0.0968. The molecule has 0 bridgehead atoms. The van der Waals surface area contributed by atoms with Crippen LogP contribution in [-0.4, -0.2) is 11.1 Å². The van der Waals surface area contributed by atoms with E-state index >= 15 is 0 Å². The maximum absolute atomic E-state index is 13.2. The Balaban J connectivity index is 2.35. The van der Waals surface area contributed by atoms with Crippen molar-refractivity contribution in [1.82, 2.24) is 0 Å². The molecule has 0 aromatic heterocycles. The summed E-state index contributed by atoms with van der Waals surface area (Å²) in [6.45, 7) is 4.26. The third-order valence-corrected chi connectivity index (χ3v) is 5.08. The van der Waals surface area contributed by atoms with Gasteiger partial charge in [-0.1, -0.05) is 44.4 Å². The van der Waals surface area contributed by atoms with Crippen LogP contribution in [0.15, 0.2) is 18.2 Å². The second-order valence-electron chi connectivity index (χ2n) is 6.36. The Morgan fingerprint density at radius 3 is 2.29 bits per heavy atom. The molecule has 0 aliphatic heterocycles. The number of aliphatic carboxylic acids is 1. The normalized spacial score (nSPS) is 19.0. The first-order valence-corrected chi connectivity index (χ1v) is 7.96. The lowest BCUT2D eigenvalue weighted by atomic mass is 9.48. The molecule has 4 heteroatoms. The fraction of sp³-hybridized carbons (Fsp3) is 0.588. The fourth-order valence-electron chi connectivity index (χ4n) is 4.10. The molecular formula is C17H22ClFO2. The van der Waals surface area contributed by atoms with Crippen molar-refractivity contribution in [2.24, 2.45) is 5.41 Å². The molecule has 2 nitrogen and oxygen atoms in total. The topological polar surface area (TPSA) is 37.3 Å². The van der Waals surface area contributed by atoms with E-state index in [4.69, 9.17) is 11.6 Å². The number of carboxylic acid groups (broad SMARTS) is 1. The Kier molecular flexibility index (Phi) is 4.62. The van der Waals surface area contributed by atoms with Crippen LogP contribution in [0.25, 0.3) is 0 Å². The van der Waals surface area contributed by atoms with Crippen LogP contribution in [0.5, 0.6) is 0 Å². The largest absolute Gasteiger partial charge is 0.481 e. The zero-order chi connectivity index (χ0) is 15.7. The van der Waals surface area contributed by atoms with Crippen molar-refractivity contribution >= 4 is 17.6 Å². The Labute approximate surface area is 130 Å². The molecule has 0 radical (unpaired) electrons. The van der Waals surface area contributed by atoms with Crippen molar-refractivity contribution in [1.29, 1.82) is 0 Å². The van der Waals surface area contributed by atoms with Gasteiger partial charge in [-0.2, -0.15) is 0 Å². The Morgan fingerprint density at radius 2 is 1.86 bits per heavy atom. The molecule has 0 heterocycles. The molecule has 0 atom stereocenters. The summed E-state index contributed by atoms with van der Waals surface area (Å²) in [5.41, 5.74) is -0.296. The highest BCUT2D eigenvalue weighted by Gasteiger charge is 2.59. The van der Waals surface area contributed by atoms with Crippen molar-refractivity contribution in [3.63, 3.8) is 0 Å². The van der Waals surface area contributed by atoms with Crippen molar-refractivity contribution < 1.29 is 14.3 Å². The highest BCUT2D eigenvalue weighted by molar-refractivity contribution is 6.31. The maximum Gasteiger partial charge on any atom is 0.314 e. The number of carbonyl (C=O) groups is 1. The Hall–Kier alpha value is -1.09. The van der Waals surface area contributed by atoms with Crippen LogP contribution in [0, 0.1) is 11.2 Å². The molecule has 2 rings (SSSR count). The minimum Gasteiger partial charge on any atom is -0.481 e. The molecule has 1 saturated carbocycles. The number of rotatable bonds is 6. The lowest BCUT2D eigenvalue weighted by Gasteiger charge is -2.55. The summed E-state index contributed by atoms with van der Waals surface area (Å²) in [5, 5.41) is 9.97. The van der Waals surface area contributed by atoms with Crippen molar-refractivity contribution in [2.45, 2.75) is 57.8 Å². The van der Waals surface area contributed by atoms with Crippen LogP contribution in [0.4, 0.5) is 4.39 Å². The maximum atomic E-state index is 13.2. The Morgan fingerprint density at radius 1 is 1.29 bits per heavy atom. The Bertz CT molecular complexity index is 528. The van der Waals surface area contributed by atoms with Gasteiger partial charge in [-0.3, -0.25) is 4.79 Å². The van der Waals surface area contributed by atoms with Gasteiger partial charge in [0.05, 0.1) is 5.41 Å². The molecule has 21 heavy (non-hydrogen) atoms. The van der Waals surface area contributed by atoms with E-state index in [9.17, 15) is 14.3 Å². The van der Waals surface area contributed by atoms with Gasteiger partial charge in [-0.25, -0.2) is 4.39 Å². The quantitative estimate of drug-likeness (QED) is 0.785. The third kappa shape index (κ3) is 2.80. The lowest BCUT2D eigenvalue weighted by Crippen LogP contribution is -2.54. The molecule has 1 aromatic rings. The summed E-state index contributed by atoms with van der Waals surface area (Å²) >= 11 is 6.11. The van der Waals surface area contributed by atoms with Crippen LogP contribution in [0.2, 0.25) is 5.02 Å². The van der Waals surface area contributed by atoms with Crippen molar-refractivity contribution in [2.75, 3.05) is 0 Å². The second-order valence-corrected chi connectivity index (χ2v) is 6.77. The molecule has 0 saturated heterocycles. The molecule has 1 aliphatic rings. The molecule has 0 spiro atoms. The molecule has 1 aliphatic carbocycles. The number of carboxylic acids is 1. The number of hydrogen-bond acceptors (Lipinski definition) is 1. The third-order valence-electron chi connectivity index (χ3n) is 4.77. The van der Waals surface area contributed by atoms with Gasteiger partial charge < -0.3 is 5.11 Å². The molecule has 0 unspecified atom stereocenters. The predicted octanol–water partition coefficient (Wildman–Crippen LogP) is 5.18. The van der Waals surface area contributed by atoms with E-state index < -0.39 is 17.2 Å². The zero-order valence-electron chi connectivity index (χ0n) is 12.6. The minimum atomic E-state index is -0.949. The fourth-order valence-corrected chi connectivity index (χ4v) is 4.45. The van der Waals surface area contributed by atoms with E-state index in [-0.39, 0.29) is 10.4 Å². The lowest BCUT2D eigenvalue weighted by molar-refractivity contribution is -0.155. The SMILES string of the molecule is CCCC1(CCC)CC(C(=O)O)(c2ccc(F)cc2Cl)C1. The van der Waals surface area contributed by atoms with Crippen LogP contribution < -0.4 is 0 Å². The zero-order valence-corrected chi connectivity index (χ0v) is 13.3. The van der Waals surface area contributed by atoms with Crippen molar-refractivity contribution in [3.05, 3.63) is 34.6 Å². The van der Waals surface area contributed by atoms with Gasteiger partial charge in [-0.15, -0.1) is 0 Å². The van der Waals surface area contributed by atoms with Crippen LogP contribution >= 0.6 is 11.6 Å². The average molecular weight is 313 g/mol. The van der Waals surface area contributed by atoms with Gasteiger partial charge in [0.15, 0.2) is 0 Å². The van der Waals surface area contributed by atoms with E-state index in [2.05, 4.69) is 13.8 Å². The van der Waals surface area contributed by atoms with Gasteiger partial charge in [0.1, 0.15) is 5.82 Å². The smallest absolute Gasteiger partial charge is 0.314 e. The molecule has 116 valence electrons. The van der Waals surface area contributed by atoms with Gasteiger partial charge in [-0.05, 0) is 48.8 Å². The van der Waals surface area contributed by atoms with Gasteiger partial charge in [0, 0.05) is 5.02 Å². The summed E-state index contributed by atoms with van der Waals surface area (Å²) in [4.78, 5) is 11.9. The average Bonchev–Trinajstić information content (AvgIpc) is 2.35. The number of hydrogen-bond donors (Lipinski definition) is 1. The molecule has 1 aromatic carbocycles. The van der Waals surface area contributed by atoms with E-state index in [1.165, 1.54) is 18.2 Å². The highest BCUT2D eigenvalue weighted by Crippen LogP contribution is 2.61. The highest BCUT2D eigenvalue weighted by atomic mass is 35.5. The standard InChI is InChI=1S/C17H22ClFO2/c1-3-7-16(8-4-2)10-17(11-16,15(20)21)13-6-5-12(19)9-14(13)18/h5-6,9H,3-4,7-8,10-11H2,1-2H3,(H,20,21). The molecular weight excluding hydrogens is 291 g/mol. The van der Waals surface area contributed by atoms with Crippen LogP contribution in [-0.2, 0) is 10.2 Å². The first-order chi connectivity index (χ1) is 9.89. The van der Waals surface area contributed by atoms with Crippen LogP contribution in [0.1, 0.15) is 57.9 Å². The second kappa shape index (κ2) is 5.96. The molecule has 0 amide bonds. The molecule has 1 fully saturated rings. The summed E-state index contributed by atoms with van der Waals surface area (Å²) < 4.78 is 13.2. The van der Waals surface area contributed by atoms with Crippen LogP contribution in [0.3, 0.4) is 0 Å². The number of halogens is 2. The summed E-state index contributed by atoms with van der Waals surface area (Å²) in [5.74, 6) is -1.28. The van der Waals surface area contributed by atoms with Crippen molar-refractivity contribution in [3.8, 4) is 0 Å². The van der Waals surface area contributed by atoms with E-state index in [0.29, 0.717) is 18.4 Å². The summed E-state index contributed by atoms with van der Waals surface area (Å²) in [6, 6.07) is 4.04. The first-order valence-electron chi connectivity index (χ1n) is 7.58. The predicted molar refractivity (Wildman–Crippen MR) is 82.2 cm³/mol. The molecule has 1 N–H and O–H groups in total. The monoisotopic (exact) mass is 312 g/mol. The van der Waals surface area contributed by atoms with E-state index in [0.717, 1.165) is 25.7 Å². The van der Waals surface area contributed by atoms with Gasteiger partial charge in [0.25, 0.3) is 0 Å². The first kappa shape index (κ1) is 16.3. The van der Waals surface area contributed by atoms with Gasteiger partial charge in [0.2, 0.25) is 0 Å². The number of benzene rings is 1. The van der Waals surface area contributed by atoms with Gasteiger partial charge >= 0.3 is 5.97 Å². The summed E-state index contributed by atoms with van der Waals surface area (Å²) in [7, 11) is 0. The van der Waals surface area contributed by atoms with E-state index in [1.54, 1.807) is 0 Å².